The molecule has 0 radical (unpaired) electrons. The molecule has 110 valence electrons. The van der Waals surface area contributed by atoms with Gasteiger partial charge in [-0.15, -0.1) is 0 Å². The second-order valence-electron chi connectivity index (χ2n) is 5.65. The highest BCUT2D eigenvalue weighted by atomic mass is 16.5. The molecule has 6 heteroatoms. The monoisotopic (exact) mass is 272 g/mol. The number of nitrogens with two attached hydrogens (primary N) is 1. The molecule has 4 N–H and O–H groups in total. The summed E-state index contributed by atoms with van der Waals surface area (Å²) in [6.07, 6.45) is 0.853. The number of carboxylic acid groups (broad SMARTS) is 1. The number of nitrogens with one attached hydrogen (secondary N) is 1. The molecule has 0 bridgehead atoms. The summed E-state index contributed by atoms with van der Waals surface area (Å²) >= 11 is 0. The highest BCUT2D eigenvalue weighted by Gasteiger charge is 2.31. The average molecular weight is 272 g/mol. The van der Waals surface area contributed by atoms with Gasteiger partial charge in [0.25, 0.3) is 0 Å². The molecule has 1 saturated heterocycles. The second kappa shape index (κ2) is 7.45. The summed E-state index contributed by atoms with van der Waals surface area (Å²) in [6.45, 7) is 5.21. The van der Waals surface area contributed by atoms with Crippen LogP contribution in [0.4, 0.5) is 0 Å². The van der Waals surface area contributed by atoms with Gasteiger partial charge in [0.05, 0.1) is 19.1 Å². The van der Waals surface area contributed by atoms with Crippen molar-refractivity contribution in [1.29, 1.82) is 0 Å². The highest BCUT2D eigenvalue weighted by molar-refractivity contribution is 5.79. The Labute approximate surface area is 113 Å². The zero-order valence-electron chi connectivity index (χ0n) is 11.6. The van der Waals surface area contributed by atoms with E-state index in [0.717, 1.165) is 6.42 Å². The van der Waals surface area contributed by atoms with E-state index in [1.807, 2.05) is 13.8 Å². The Morgan fingerprint density at radius 3 is 2.58 bits per heavy atom. The summed E-state index contributed by atoms with van der Waals surface area (Å²) < 4.78 is 5.15. The first-order valence-electron chi connectivity index (χ1n) is 6.73. The maximum absolute atomic E-state index is 11.9. The lowest BCUT2D eigenvalue weighted by Crippen LogP contribution is -2.42. The van der Waals surface area contributed by atoms with Crippen molar-refractivity contribution in [1.82, 2.24) is 5.32 Å². The summed E-state index contributed by atoms with van der Waals surface area (Å²) in [7, 11) is 0. The third-order valence-electron chi connectivity index (χ3n) is 3.29. The first-order valence-corrected chi connectivity index (χ1v) is 6.73. The van der Waals surface area contributed by atoms with Crippen molar-refractivity contribution in [2.45, 2.75) is 32.7 Å². The summed E-state index contributed by atoms with van der Waals surface area (Å²) in [6, 6.07) is -0.261. The number of rotatable bonds is 7. The van der Waals surface area contributed by atoms with Gasteiger partial charge in [-0.05, 0) is 18.3 Å². The molecule has 0 aliphatic carbocycles. The molecule has 0 aromatic rings. The first kappa shape index (κ1) is 15.9. The molecule has 0 saturated carbocycles. The molecule has 1 aliphatic rings. The molecular formula is C13H24N2O4. The van der Waals surface area contributed by atoms with Crippen molar-refractivity contribution in [3.05, 3.63) is 0 Å². The van der Waals surface area contributed by atoms with E-state index >= 15 is 0 Å². The zero-order chi connectivity index (χ0) is 14.4. The molecule has 1 fully saturated rings. The van der Waals surface area contributed by atoms with Gasteiger partial charge in [-0.3, -0.25) is 9.59 Å². The van der Waals surface area contributed by atoms with E-state index in [-0.39, 0.29) is 30.2 Å². The van der Waals surface area contributed by atoms with Crippen LogP contribution in [0.3, 0.4) is 0 Å². The molecule has 19 heavy (non-hydrogen) atoms. The van der Waals surface area contributed by atoms with Crippen LogP contribution in [0.2, 0.25) is 0 Å². The van der Waals surface area contributed by atoms with Gasteiger partial charge >= 0.3 is 5.97 Å². The lowest BCUT2D eigenvalue weighted by atomic mass is 9.93. The van der Waals surface area contributed by atoms with Crippen LogP contribution in [0.5, 0.6) is 0 Å². The van der Waals surface area contributed by atoms with Gasteiger partial charge in [0, 0.05) is 19.0 Å². The van der Waals surface area contributed by atoms with E-state index < -0.39 is 5.97 Å². The highest BCUT2D eigenvalue weighted by Crippen LogP contribution is 2.16. The van der Waals surface area contributed by atoms with Crippen molar-refractivity contribution < 1.29 is 19.4 Å². The van der Waals surface area contributed by atoms with Crippen molar-refractivity contribution in [2.75, 3.05) is 19.8 Å². The van der Waals surface area contributed by atoms with Gasteiger partial charge in [-0.25, -0.2) is 0 Å². The third-order valence-corrected chi connectivity index (χ3v) is 3.29. The predicted octanol–water partition coefficient (Wildman–Crippen LogP) is 0.213. The Hall–Kier alpha value is -1.14. The lowest BCUT2D eigenvalue weighted by molar-refractivity contribution is -0.138. The lowest BCUT2D eigenvalue weighted by Gasteiger charge is -2.20. The topological polar surface area (TPSA) is 102 Å². The van der Waals surface area contributed by atoms with Gasteiger partial charge in [-0.2, -0.15) is 0 Å². The third kappa shape index (κ3) is 5.57. The van der Waals surface area contributed by atoms with Crippen molar-refractivity contribution >= 4 is 11.9 Å². The molecule has 2 unspecified atom stereocenters. The van der Waals surface area contributed by atoms with Gasteiger partial charge < -0.3 is 20.9 Å². The molecule has 1 amide bonds. The van der Waals surface area contributed by atoms with Gasteiger partial charge in [0.2, 0.25) is 5.91 Å². The van der Waals surface area contributed by atoms with Crippen molar-refractivity contribution in [3.8, 4) is 0 Å². The largest absolute Gasteiger partial charge is 0.481 e. The summed E-state index contributed by atoms with van der Waals surface area (Å²) in [5.41, 5.74) is 5.77. The van der Waals surface area contributed by atoms with E-state index in [9.17, 15) is 9.59 Å². The second-order valence-corrected chi connectivity index (χ2v) is 5.65. The fourth-order valence-electron chi connectivity index (χ4n) is 2.37. The Morgan fingerprint density at radius 2 is 2.11 bits per heavy atom. The minimum atomic E-state index is -0.833. The molecule has 0 spiro atoms. The fraction of sp³-hybridized carbons (Fsp3) is 0.846. The maximum atomic E-state index is 11.9. The quantitative estimate of drug-likeness (QED) is 0.615. The predicted molar refractivity (Wildman–Crippen MR) is 70.5 cm³/mol. The van der Waals surface area contributed by atoms with E-state index in [4.69, 9.17) is 15.6 Å². The molecular weight excluding hydrogens is 248 g/mol. The normalized spacial score (nSPS) is 24.4. The number of aliphatic carboxylic acids is 1. The average Bonchev–Trinajstić information content (AvgIpc) is 2.70. The van der Waals surface area contributed by atoms with Crippen molar-refractivity contribution in [2.24, 2.45) is 23.5 Å². The van der Waals surface area contributed by atoms with Gasteiger partial charge in [0.15, 0.2) is 0 Å². The summed E-state index contributed by atoms with van der Waals surface area (Å²) in [5.74, 6) is -0.923. The standard InChI is InChI=1S/C13H24N2O4/c1-8(2)3-9(4-12(16)17)5-15-13(18)10-6-19-7-11(10)14/h8-11H,3-7,14H2,1-2H3,(H,15,18)(H,16,17)/t9-,10?,11?/m0/s1. The van der Waals surface area contributed by atoms with E-state index in [2.05, 4.69) is 5.32 Å². The van der Waals surface area contributed by atoms with Crippen LogP contribution in [0.1, 0.15) is 26.7 Å². The Bertz CT molecular complexity index is 320. The minimum Gasteiger partial charge on any atom is -0.481 e. The molecule has 3 atom stereocenters. The molecule has 1 rings (SSSR count). The smallest absolute Gasteiger partial charge is 0.303 e. The van der Waals surface area contributed by atoms with Crippen LogP contribution in [-0.2, 0) is 14.3 Å². The van der Waals surface area contributed by atoms with Crippen LogP contribution in [-0.4, -0.2) is 42.8 Å². The SMILES string of the molecule is CC(C)C[C@H](CNC(=O)C1COCC1N)CC(=O)O. The van der Waals surface area contributed by atoms with Crippen molar-refractivity contribution in [3.63, 3.8) is 0 Å². The van der Waals surface area contributed by atoms with Gasteiger partial charge in [0.1, 0.15) is 0 Å². The number of carbonyl (C=O) groups is 2. The number of hydrogen-bond donors (Lipinski definition) is 3. The molecule has 0 aromatic heterocycles. The van der Waals surface area contributed by atoms with E-state index in [1.54, 1.807) is 0 Å². The number of carboxylic acids is 1. The molecule has 1 heterocycles. The Kier molecular flexibility index (Phi) is 6.24. The van der Waals surface area contributed by atoms with Crippen LogP contribution < -0.4 is 11.1 Å². The number of carbonyl (C=O) groups excluding carboxylic acids is 1. The van der Waals surface area contributed by atoms with E-state index in [0.29, 0.717) is 25.7 Å². The molecule has 0 aromatic carbocycles. The van der Waals surface area contributed by atoms with Crippen LogP contribution in [0, 0.1) is 17.8 Å². The Balaban J connectivity index is 2.41. The first-order chi connectivity index (χ1) is 8.90. The van der Waals surface area contributed by atoms with Crippen LogP contribution in [0.15, 0.2) is 0 Å². The van der Waals surface area contributed by atoms with Crippen LogP contribution in [0.25, 0.3) is 0 Å². The summed E-state index contributed by atoms with van der Waals surface area (Å²) in [4.78, 5) is 22.7. The molecule has 6 nitrogen and oxygen atoms in total. The van der Waals surface area contributed by atoms with E-state index in [1.165, 1.54) is 0 Å². The summed E-state index contributed by atoms with van der Waals surface area (Å²) in [5, 5.41) is 11.7. The fourth-order valence-corrected chi connectivity index (χ4v) is 2.37. The zero-order valence-corrected chi connectivity index (χ0v) is 11.6. The number of amides is 1. The Morgan fingerprint density at radius 1 is 1.42 bits per heavy atom. The van der Waals surface area contributed by atoms with Crippen LogP contribution >= 0.6 is 0 Å². The number of ether oxygens (including phenoxy) is 1. The minimum absolute atomic E-state index is 0.0417. The van der Waals surface area contributed by atoms with Gasteiger partial charge in [-0.1, -0.05) is 13.8 Å². The number of hydrogen-bond acceptors (Lipinski definition) is 4. The maximum Gasteiger partial charge on any atom is 0.303 e. The molecule has 1 aliphatic heterocycles.